The Morgan fingerprint density at radius 2 is 1.86 bits per heavy atom. The minimum Gasteiger partial charge on any atom is -0.370 e. The van der Waals surface area contributed by atoms with Crippen LogP contribution in [-0.2, 0) is 14.8 Å². The standard InChI is InChI=1S/C14H21N3O4S/c1-22(19,20)16-13-4-2-12(3-5-13)14(18)15-6-7-17-8-10-21-11-9-17/h2-5,16H,6-11H2,1H3,(H,15,18)/p+1. The Labute approximate surface area is 130 Å². The minimum atomic E-state index is -3.30. The molecule has 122 valence electrons. The summed E-state index contributed by atoms with van der Waals surface area (Å²) in [6.45, 7) is 4.99. The maximum absolute atomic E-state index is 12.0. The number of sulfonamides is 1. The smallest absolute Gasteiger partial charge is 0.251 e. The van der Waals surface area contributed by atoms with Crippen molar-refractivity contribution in [2.45, 2.75) is 0 Å². The van der Waals surface area contributed by atoms with Gasteiger partial charge in [-0.25, -0.2) is 8.42 Å². The Bertz CT molecular complexity index is 595. The second-order valence-corrected chi connectivity index (χ2v) is 7.07. The van der Waals surface area contributed by atoms with Crippen molar-refractivity contribution in [3.05, 3.63) is 29.8 Å². The summed E-state index contributed by atoms with van der Waals surface area (Å²) in [7, 11) is -3.30. The Kier molecular flexibility index (Phi) is 5.76. The van der Waals surface area contributed by atoms with Crippen molar-refractivity contribution in [2.75, 3.05) is 50.4 Å². The van der Waals surface area contributed by atoms with Gasteiger partial charge in [0.1, 0.15) is 13.1 Å². The molecule has 0 saturated carbocycles. The summed E-state index contributed by atoms with van der Waals surface area (Å²) < 4.78 is 29.9. The van der Waals surface area contributed by atoms with Gasteiger partial charge in [0, 0.05) is 11.3 Å². The zero-order valence-corrected chi connectivity index (χ0v) is 13.4. The molecule has 0 spiro atoms. The lowest BCUT2D eigenvalue weighted by Gasteiger charge is -2.23. The van der Waals surface area contributed by atoms with Crippen LogP contribution in [0.5, 0.6) is 0 Å². The molecular weight excluding hydrogens is 306 g/mol. The summed E-state index contributed by atoms with van der Waals surface area (Å²) in [5.74, 6) is -0.154. The van der Waals surface area contributed by atoms with Gasteiger partial charge in [0.15, 0.2) is 0 Å². The third kappa shape index (κ3) is 5.63. The average Bonchev–Trinajstić information content (AvgIpc) is 2.47. The molecule has 3 N–H and O–H groups in total. The van der Waals surface area contributed by atoms with Gasteiger partial charge in [-0.2, -0.15) is 0 Å². The molecule has 0 atom stereocenters. The van der Waals surface area contributed by atoms with E-state index in [1.165, 1.54) is 4.90 Å². The van der Waals surface area contributed by atoms with Gasteiger partial charge in [-0.15, -0.1) is 0 Å². The lowest BCUT2D eigenvalue weighted by atomic mass is 10.2. The van der Waals surface area contributed by atoms with Crippen LogP contribution in [0.1, 0.15) is 10.4 Å². The van der Waals surface area contributed by atoms with Gasteiger partial charge in [-0.3, -0.25) is 9.52 Å². The van der Waals surface area contributed by atoms with Gasteiger partial charge < -0.3 is 15.0 Å². The van der Waals surface area contributed by atoms with E-state index in [0.29, 0.717) is 17.8 Å². The van der Waals surface area contributed by atoms with Gasteiger partial charge >= 0.3 is 0 Å². The first-order valence-corrected chi connectivity index (χ1v) is 9.10. The number of nitrogens with one attached hydrogen (secondary N) is 3. The van der Waals surface area contributed by atoms with E-state index in [2.05, 4.69) is 10.0 Å². The largest absolute Gasteiger partial charge is 0.370 e. The molecule has 8 heteroatoms. The molecule has 2 rings (SSSR count). The monoisotopic (exact) mass is 328 g/mol. The maximum atomic E-state index is 12.0. The Balaban J connectivity index is 1.79. The quantitative estimate of drug-likeness (QED) is 0.606. The first kappa shape index (κ1) is 16.7. The summed E-state index contributed by atoms with van der Waals surface area (Å²) >= 11 is 0. The fourth-order valence-corrected chi connectivity index (χ4v) is 2.83. The van der Waals surface area contributed by atoms with E-state index >= 15 is 0 Å². The number of carbonyl (C=O) groups is 1. The molecule has 1 fully saturated rings. The Morgan fingerprint density at radius 1 is 1.23 bits per heavy atom. The van der Waals surface area contributed by atoms with Crippen molar-refractivity contribution in [1.82, 2.24) is 5.32 Å². The van der Waals surface area contributed by atoms with Crippen molar-refractivity contribution in [1.29, 1.82) is 0 Å². The van der Waals surface area contributed by atoms with E-state index in [1.54, 1.807) is 24.3 Å². The SMILES string of the molecule is CS(=O)(=O)Nc1ccc(C(=O)NCC[NH+]2CCOCC2)cc1. The number of quaternary nitrogens is 1. The van der Waals surface area contributed by atoms with Crippen molar-refractivity contribution < 1.29 is 22.8 Å². The van der Waals surface area contributed by atoms with Crippen LogP contribution in [0.4, 0.5) is 5.69 Å². The molecule has 1 aliphatic heterocycles. The molecule has 1 saturated heterocycles. The van der Waals surface area contributed by atoms with E-state index in [9.17, 15) is 13.2 Å². The predicted octanol–water partition coefficient (Wildman–Crippen LogP) is -1.30. The number of anilines is 1. The zero-order chi connectivity index (χ0) is 16.0. The van der Waals surface area contributed by atoms with E-state index in [0.717, 1.165) is 39.1 Å². The third-order valence-corrected chi connectivity index (χ3v) is 4.02. The number of amides is 1. The fourth-order valence-electron chi connectivity index (χ4n) is 2.27. The summed E-state index contributed by atoms with van der Waals surface area (Å²) in [5.41, 5.74) is 0.952. The fraction of sp³-hybridized carbons (Fsp3) is 0.500. The van der Waals surface area contributed by atoms with E-state index < -0.39 is 10.0 Å². The normalized spacial score (nSPS) is 16.2. The number of morpholine rings is 1. The van der Waals surface area contributed by atoms with Crippen LogP contribution >= 0.6 is 0 Å². The van der Waals surface area contributed by atoms with Crippen molar-refractivity contribution >= 4 is 21.6 Å². The van der Waals surface area contributed by atoms with Gasteiger partial charge in [0.05, 0.1) is 32.6 Å². The summed E-state index contributed by atoms with van der Waals surface area (Å²) in [6.07, 6.45) is 1.08. The van der Waals surface area contributed by atoms with Crippen LogP contribution in [0.3, 0.4) is 0 Å². The van der Waals surface area contributed by atoms with Crippen LogP contribution in [0, 0.1) is 0 Å². The van der Waals surface area contributed by atoms with Gasteiger partial charge in [0.25, 0.3) is 5.91 Å². The topological polar surface area (TPSA) is 88.9 Å². The van der Waals surface area contributed by atoms with Crippen LogP contribution in [0.25, 0.3) is 0 Å². The minimum absolute atomic E-state index is 0.154. The number of carbonyl (C=O) groups excluding carboxylic acids is 1. The highest BCUT2D eigenvalue weighted by Crippen LogP contribution is 2.10. The Hall–Kier alpha value is -1.64. The molecule has 0 unspecified atom stereocenters. The molecular formula is C14H22N3O4S+. The molecule has 7 nitrogen and oxygen atoms in total. The molecule has 1 heterocycles. The number of hydrogen-bond donors (Lipinski definition) is 3. The van der Waals surface area contributed by atoms with E-state index in [-0.39, 0.29) is 5.91 Å². The van der Waals surface area contributed by atoms with Crippen LogP contribution < -0.4 is 14.9 Å². The number of ether oxygens (including phenoxy) is 1. The van der Waals surface area contributed by atoms with Gasteiger partial charge in [0.2, 0.25) is 10.0 Å². The molecule has 1 amide bonds. The van der Waals surface area contributed by atoms with E-state index in [1.807, 2.05) is 0 Å². The Morgan fingerprint density at radius 3 is 2.45 bits per heavy atom. The predicted molar refractivity (Wildman–Crippen MR) is 83.6 cm³/mol. The number of benzene rings is 1. The highest BCUT2D eigenvalue weighted by molar-refractivity contribution is 7.92. The second-order valence-electron chi connectivity index (χ2n) is 5.32. The molecule has 0 radical (unpaired) electrons. The second kappa shape index (κ2) is 7.57. The van der Waals surface area contributed by atoms with Crippen LogP contribution in [0.2, 0.25) is 0 Å². The summed E-state index contributed by atoms with van der Waals surface area (Å²) in [4.78, 5) is 13.4. The average molecular weight is 328 g/mol. The zero-order valence-electron chi connectivity index (χ0n) is 12.6. The molecule has 1 aliphatic rings. The van der Waals surface area contributed by atoms with Crippen molar-refractivity contribution in [3.8, 4) is 0 Å². The number of hydrogen-bond acceptors (Lipinski definition) is 4. The first-order valence-electron chi connectivity index (χ1n) is 7.21. The highest BCUT2D eigenvalue weighted by atomic mass is 32.2. The third-order valence-electron chi connectivity index (χ3n) is 3.41. The van der Waals surface area contributed by atoms with Crippen molar-refractivity contribution in [2.24, 2.45) is 0 Å². The lowest BCUT2D eigenvalue weighted by molar-refractivity contribution is -0.906. The molecule has 0 aromatic heterocycles. The van der Waals surface area contributed by atoms with Gasteiger partial charge in [-0.05, 0) is 24.3 Å². The molecule has 0 aliphatic carbocycles. The summed E-state index contributed by atoms with van der Waals surface area (Å²) in [5, 5.41) is 2.87. The van der Waals surface area contributed by atoms with Gasteiger partial charge in [-0.1, -0.05) is 0 Å². The summed E-state index contributed by atoms with van der Waals surface area (Å²) in [6, 6.07) is 6.35. The van der Waals surface area contributed by atoms with Crippen LogP contribution in [-0.4, -0.2) is 60.0 Å². The highest BCUT2D eigenvalue weighted by Gasteiger charge is 2.14. The molecule has 22 heavy (non-hydrogen) atoms. The molecule has 1 aromatic rings. The van der Waals surface area contributed by atoms with Crippen molar-refractivity contribution in [3.63, 3.8) is 0 Å². The van der Waals surface area contributed by atoms with E-state index in [4.69, 9.17) is 4.74 Å². The number of rotatable bonds is 6. The first-order chi connectivity index (χ1) is 10.4. The van der Waals surface area contributed by atoms with Crippen LogP contribution in [0.15, 0.2) is 24.3 Å². The maximum Gasteiger partial charge on any atom is 0.251 e. The molecule has 0 bridgehead atoms. The molecule has 1 aromatic carbocycles. The lowest BCUT2D eigenvalue weighted by Crippen LogP contribution is -3.14.